The average molecular weight is 220 g/mol. The fraction of sp³-hybridized carbons (Fsp3) is 0.667. The number of hydrogen-bond donors (Lipinski definition) is 1. The Hall–Kier alpha value is -1.32. The zero-order valence-electron chi connectivity index (χ0n) is 9.89. The Kier molecular flexibility index (Phi) is 3.59. The predicted molar refractivity (Wildman–Crippen MR) is 66.3 cm³/mol. The highest BCUT2D eigenvalue weighted by molar-refractivity contribution is 5.57. The molecule has 0 unspecified atom stereocenters. The van der Waals surface area contributed by atoms with Gasteiger partial charge in [-0.3, -0.25) is 0 Å². The molecule has 2 rings (SSSR count). The highest BCUT2D eigenvalue weighted by atomic mass is 15.2. The van der Waals surface area contributed by atoms with E-state index in [0.29, 0.717) is 11.9 Å². The van der Waals surface area contributed by atoms with Crippen LogP contribution in [0.1, 0.15) is 38.5 Å². The summed E-state index contributed by atoms with van der Waals surface area (Å²) in [6.45, 7) is 0. The van der Waals surface area contributed by atoms with E-state index < -0.39 is 0 Å². The molecule has 1 aliphatic carbocycles. The second kappa shape index (κ2) is 5.14. The molecule has 0 bridgehead atoms. The van der Waals surface area contributed by atoms with Gasteiger partial charge in [-0.05, 0) is 12.8 Å². The second-order valence-electron chi connectivity index (χ2n) is 4.52. The second-order valence-corrected chi connectivity index (χ2v) is 4.52. The maximum atomic E-state index is 5.85. The number of anilines is 2. The van der Waals surface area contributed by atoms with Crippen molar-refractivity contribution in [1.29, 1.82) is 0 Å². The third-order valence-electron chi connectivity index (χ3n) is 3.41. The standard InChI is InChI=1S/C12H20N4/c1-16(10-6-4-2-3-5-7-10)12-11(13)14-8-9-15-12/h8-10H,2-7H2,1H3,(H2,13,14). The van der Waals surface area contributed by atoms with Gasteiger partial charge < -0.3 is 10.6 Å². The first-order chi connectivity index (χ1) is 7.79. The van der Waals surface area contributed by atoms with Gasteiger partial charge in [-0.2, -0.15) is 0 Å². The van der Waals surface area contributed by atoms with Crippen LogP contribution >= 0.6 is 0 Å². The van der Waals surface area contributed by atoms with Crippen molar-refractivity contribution >= 4 is 11.6 Å². The van der Waals surface area contributed by atoms with Crippen LogP contribution in [0.25, 0.3) is 0 Å². The molecule has 1 aromatic heterocycles. The summed E-state index contributed by atoms with van der Waals surface area (Å²) in [5.41, 5.74) is 5.85. The summed E-state index contributed by atoms with van der Waals surface area (Å²) in [5, 5.41) is 0. The van der Waals surface area contributed by atoms with Crippen LogP contribution in [0.4, 0.5) is 11.6 Å². The Bertz CT molecular complexity index is 332. The van der Waals surface area contributed by atoms with Gasteiger partial charge in [0.2, 0.25) is 0 Å². The molecule has 0 aliphatic heterocycles. The molecular weight excluding hydrogens is 200 g/mol. The Morgan fingerprint density at radius 3 is 2.38 bits per heavy atom. The van der Waals surface area contributed by atoms with E-state index >= 15 is 0 Å². The molecule has 1 aromatic rings. The molecule has 0 radical (unpaired) electrons. The Morgan fingerprint density at radius 2 is 1.75 bits per heavy atom. The molecule has 2 N–H and O–H groups in total. The molecule has 0 atom stereocenters. The molecule has 0 aromatic carbocycles. The molecular formula is C12H20N4. The maximum Gasteiger partial charge on any atom is 0.171 e. The summed E-state index contributed by atoms with van der Waals surface area (Å²) in [6, 6.07) is 0.571. The third kappa shape index (κ3) is 2.43. The van der Waals surface area contributed by atoms with Gasteiger partial charge in [-0.1, -0.05) is 25.7 Å². The third-order valence-corrected chi connectivity index (χ3v) is 3.41. The van der Waals surface area contributed by atoms with E-state index in [2.05, 4.69) is 21.9 Å². The van der Waals surface area contributed by atoms with Crippen LogP contribution in [-0.2, 0) is 0 Å². The lowest BCUT2D eigenvalue weighted by molar-refractivity contribution is 0.549. The Balaban J connectivity index is 2.11. The van der Waals surface area contributed by atoms with Crippen molar-refractivity contribution in [2.45, 2.75) is 44.6 Å². The monoisotopic (exact) mass is 220 g/mol. The first-order valence-electron chi connectivity index (χ1n) is 6.08. The molecule has 1 saturated carbocycles. The van der Waals surface area contributed by atoms with E-state index in [9.17, 15) is 0 Å². The number of nitrogen functional groups attached to an aromatic ring is 1. The minimum Gasteiger partial charge on any atom is -0.381 e. The molecule has 4 heteroatoms. The van der Waals surface area contributed by atoms with E-state index in [0.717, 1.165) is 5.82 Å². The van der Waals surface area contributed by atoms with Gasteiger partial charge in [0.05, 0.1) is 0 Å². The van der Waals surface area contributed by atoms with Crippen LogP contribution < -0.4 is 10.6 Å². The fourth-order valence-electron chi connectivity index (χ4n) is 2.43. The van der Waals surface area contributed by atoms with E-state index in [1.54, 1.807) is 12.4 Å². The summed E-state index contributed by atoms with van der Waals surface area (Å²) in [6.07, 6.45) is 11.2. The largest absolute Gasteiger partial charge is 0.381 e. The van der Waals surface area contributed by atoms with Crippen LogP contribution in [0, 0.1) is 0 Å². The average Bonchev–Trinajstić information content (AvgIpc) is 2.57. The summed E-state index contributed by atoms with van der Waals surface area (Å²) in [4.78, 5) is 10.6. The molecule has 16 heavy (non-hydrogen) atoms. The number of hydrogen-bond acceptors (Lipinski definition) is 4. The zero-order valence-corrected chi connectivity index (χ0v) is 9.89. The smallest absolute Gasteiger partial charge is 0.171 e. The molecule has 0 saturated heterocycles. The van der Waals surface area contributed by atoms with E-state index in [-0.39, 0.29) is 0 Å². The minimum atomic E-state index is 0.536. The van der Waals surface area contributed by atoms with Gasteiger partial charge in [0.25, 0.3) is 0 Å². The van der Waals surface area contributed by atoms with Crippen molar-refractivity contribution in [2.24, 2.45) is 0 Å². The van der Waals surface area contributed by atoms with Crippen molar-refractivity contribution < 1.29 is 0 Å². The number of aromatic nitrogens is 2. The lowest BCUT2D eigenvalue weighted by Crippen LogP contribution is -2.32. The molecule has 1 fully saturated rings. The number of nitrogens with two attached hydrogens (primary N) is 1. The SMILES string of the molecule is CN(c1nccnc1N)C1CCCCCC1. The first-order valence-corrected chi connectivity index (χ1v) is 6.08. The molecule has 4 nitrogen and oxygen atoms in total. The first kappa shape index (κ1) is 11.2. The lowest BCUT2D eigenvalue weighted by atomic mass is 10.1. The summed E-state index contributed by atoms with van der Waals surface area (Å²) >= 11 is 0. The molecule has 0 spiro atoms. The zero-order chi connectivity index (χ0) is 11.4. The lowest BCUT2D eigenvalue weighted by Gasteiger charge is -2.28. The van der Waals surface area contributed by atoms with Crippen molar-refractivity contribution in [1.82, 2.24) is 9.97 Å². The van der Waals surface area contributed by atoms with E-state index in [1.165, 1.54) is 38.5 Å². The predicted octanol–water partition coefficient (Wildman–Crippen LogP) is 2.22. The highest BCUT2D eigenvalue weighted by Gasteiger charge is 2.19. The molecule has 1 aliphatic rings. The highest BCUT2D eigenvalue weighted by Crippen LogP contribution is 2.26. The summed E-state index contributed by atoms with van der Waals surface area (Å²) in [5.74, 6) is 1.36. The quantitative estimate of drug-likeness (QED) is 0.776. The van der Waals surface area contributed by atoms with Gasteiger partial charge in [0, 0.05) is 25.5 Å². The van der Waals surface area contributed by atoms with Crippen molar-refractivity contribution in [2.75, 3.05) is 17.7 Å². The molecule has 1 heterocycles. The summed E-state index contributed by atoms with van der Waals surface area (Å²) < 4.78 is 0. The van der Waals surface area contributed by atoms with Crippen molar-refractivity contribution in [3.05, 3.63) is 12.4 Å². The minimum absolute atomic E-state index is 0.536. The molecule has 0 amide bonds. The fourth-order valence-corrected chi connectivity index (χ4v) is 2.43. The van der Waals surface area contributed by atoms with Crippen LogP contribution in [-0.4, -0.2) is 23.1 Å². The number of nitrogens with zero attached hydrogens (tertiary/aromatic N) is 3. The van der Waals surface area contributed by atoms with Gasteiger partial charge in [0.1, 0.15) is 0 Å². The van der Waals surface area contributed by atoms with Crippen molar-refractivity contribution in [3.8, 4) is 0 Å². The van der Waals surface area contributed by atoms with Crippen LogP contribution in [0.15, 0.2) is 12.4 Å². The van der Waals surface area contributed by atoms with E-state index in [1.807, 2.05) is 0 Å². The van der Waals surface area contributed by atoms with Gasteiger partial charge in [0.15, 0.2) is 11.6 Å². The van der Waals surface area contributed by atoms with Crippen LogP contribution in [0.5, 0.6) is 0 Å². The van der Waals surface area contributed by atoms with Crippen LogP contribution in [0.2, 0.25) is 0 Å². The van der Waals surface area contributed by atoms with Gasteiger partial charge in [-0.25, -0.2) is 9.97 Å². The van der Waals surface area contributed by atoms with Gasteiger partial charge >= 0.3 is 0 Å². The van der Waals surface area contributed by atoms with E-state index in [4.69, 9.17) is 5.73 Å². The Labute approximate surface area is 96.9 Å². The number of rotatable bonds is 2. The van der Waals surface area contributed by atoms with Crippen LogP contribution in [0.3, 0.4) is 0 Å². The van der Waals surface area contributed by atoms with Crippen molar-refractivity contribution in [3.63, 3.8) is 0 Å². The topological polar surface area (TPSA) is 55.0 Å². The maximum absolute atomic E-state index is 5.85. The normalized spacial score (nSPS) is 18.1. The Morgan fingerprint density at radius 1 is 1.12 bits per heavy atom. The summed E-state index contributed by atoms with van der Waals surface area (Å²) in [7, 11) is 2.08. The molecule has 88 valence electrons. The van der Waals surface area contributed by atoms with Gasteiger partial charge in [-0.15, -0.1) is 0 Å².